The van der Waals surface area contributed by atoms with Crippen molar-refractivity contribution in [3.05, 3.63) is 53.1 Å². The lowest BCUT2D eigenvalue weighted by Gasteiger charge is -2.17. The van der Waals surface area contributed by atoms with Crippen molar-refractivity contribution < 1.29 is 9.47 Å². The van der Waals surface area contributed by atoms with E-state index >= 15 is 0 Å². The van der Waals surface area contributed by atoms with E-state index in [1.807, 2.05) is 56.3 Å². The molecule has 0 saturated carbocycles. The highest BCUT2D eigenvalue weighted by atomic mass is 35.5. The second kappa shape index (κ2) is 7.23. The van der Waals surface area contributed by atoms with Crippen LogP contribution in [0.4, 0.5) is 5.69 Å². The summed E-state index contributed by atoms with van der Waals surface area (Å²) in [4.78, 5) is 0. The number of nitrogens with one attached hydrogen (secondary N) is 1. The lowest BCUT2D eigenvalue weighted by Crippen LogP contribution is -2.23. The molecule has 0 aliphatic rings. The molecule has 0 aliphatic heterocycles. The van der Waals surface area contributed by atoms with E-state index in [-0.39, 0.29) is 6.10 Å². The van der Waals surface area contributed by atoms with Gasteiger partial charge in [-0.25, -0.2) is 0 Å². The van der Waals surface area contributed by atoms with E-state index in [2.05, 4.69) is 5.32 Å². The molecule has 21 heavy (non-hydrogen) atoms. The molecule has 1 N–H and O–H groups in total. The van der Waals surface area contributed by atoms with Gasteiger partial charge in [0.05, 0.1) is 13.7 Å². The normalized spacial score (nSPS) is 11.8. The number of halogens is 1. The number of methoxy groups -OCH3 is 1. The Balaban J connectivity index is 1.89. The van der Waals surface area contributed by atoms with Crippen molar-refractivity contribution in [1.29, 1.82) is 0 Å². The molecule has 1 unspecified atom stereocenters. The number of ether oxygens (including phenoxy) is 2. The first-order chi connectivity index (χ1) is 10.1. The zero-order valence-corrected chi connectivity index (χ0v) is 13.3. The topological polar surface area (TPSA) is 30.5 Å². The van der Waals surface area contributed by atoms with Crippen LogP contribution >= 0.6 is 11.6 Å². The Labute approximate surface area is 130 Å². The van der Waals surface area contributed by atoms with E-state index in [0.29, 0.717) is 6.54 Å². The first-order valence-corrected chi connectivity index (χ1v) is 7.27. The Bertz CT molecular complexity index is 584. The summed E-state index contributed by atoms with van der Waals surface area (Å²) in [6.45, 7) is 4.73. The Kier molecular flexibility index (Phi) is 5.34. The minimum absolute atomic E-state index is 0.0387. The Morgan fingerprint density at radius 2 is 1.76 bits per heavy atom. The molecule has 0 aliphatic carbocycles. The van der Waals surface area contributed by atoms with E-state index in [0.717, 1.165) is 27.8 Å². The Morgan fingerprint density at radius 3 is 2.43 bits per heavy atom. The predicted molar refractivity (Wildman–Crippen MR) is 87.8 cm³/mol. The molecule has 0 fully saturated rings. The highest BCUT2D eigenvalue weighted by molar-refractivity contribution is 6.31. The molecule has 0 spiro atoms. The summed E-state index contributed by atoms with van der Waals surface area (Å²) in [5.41, 5.74) is 2.09. The number of hydrogen-bond donors (Lipinski definition) is 1. The van der Waals surface area contributed by atoms with Gasteiger partial charge in [0.2, 0.25) is 0 Å². The van der Waals surface area contributed by atoms with Crippen LogP contribution < -0.4 is 14.8 Å². The van der Waals surface area contributed by atoms with Crippen LogP contribution in [-0.2, 0) is 0 Å². The van der Waals surface area contributed by atoms with Crippen LogP contribution in [0.25, 0.3) is 0 Å². The van der Waals surface area contributed by atoms with Crippen molar-refractivity contribution in [3.8, 4) is 11.5 Å². The van der Waals surface area contributed by atoms with Crippen molar-refractivity contribution in [2.75, 3.05) is 19.0 Å². The second-order valence-electron chi connectivity index (χ2n) is 4.90. The summed E-state index contributed by atoms with van der Waals surface area (Å²) in [6, 6.07) is 13.4. The highest BCUT2D eigenvalue weighted by Gasteiger charge is 2.06. The van der Waals surface area contributed by atoms with Gasteiger partial charge in [0.15, 0.2) is 0 Å². The molecule has 2 rings (SSSR count). The van der Waals surface area contributed by atoms with E-state index in [9.17, 15) is 0 Å². The molecule has 2 aromatic carbocycles. The summed E-state index contributed by atoms with van der Waals surface area (Å²) in [7, 11) is 1.65. The van der Waals surface area contributed by atoms with Gasteiger partial charge in [0.1, 0.15) is 17.6 Å². The van der Waals surface area contributed by atoms with Crippen LogP contribution in [0.2, 0.25) is 5.02 Å². The lowest BCUT2D eigenvalue weighted by molar-refractivity contribution is 0.234. The quantitative estimate of drug-likeness (QED) is 0.850. The third-order valence-corrected chi connectivity index (χ3v) is 3.65. The standard InChI is InChI=1S/C17H20ClNO2/c1-12(21-15-9-7-14(20-3)8-10-15)11-19-17-6-4-5-16(18)13(17)2/h4-10,12,19H,11H2,1-3H3. The fraction of sp³-hybridized carbons (Fsp3) is 0.294. The number of rotatable bonds is 6. The first-order valence-electron chi connectivity index (χ1n) is 6.90. The largest absolute Gasteiger partial charge is 0.497 e. The van der Waals surface area contributed by atoms with E-state index in [1.54, 1.807) is 7.11 Å². The molecule has 4 heteroatoms. The van der Waals surface area contributed by atoms with E-state index in [4.69, 9.17) is 21.1 Å². The highest BCUT2D eigenvalue weighted by Crippen LogP contribution is 2.23. The third-order valence-electron chi connectivity index (χ3n) is 3.24. The lowest BCUT2D eigenvalue weighted by atomic mass is 10.2. The maximum atomic E-state index is 6.10. The zero-order chi connectivity index (χ0) is 15.2. The molecule has 1 atom stereocenters. The molecule has 0 saturated heterocycles. The number of anilines is 1. The number of hydrogen-bond acceptors (Lipinski definition) is 3. The molecule has 0 amide bonds. The second-order valence-corrected chi connectivity index (χ2v) is 5.30. The molecule has 3 nitrogen and oxygen atoms in total. The average Bonchev–Trinajstić information content (AvgIpc) is 2.49. The smallest absolute Gasteiger partial charge is 0.120 e. The summed E-state index contributed by atoms with van der Waals surface area (Å²) in [5, 5.41) is 4.13. The molecular formula is C17H20ClNO2. The fourth-order valence-electron chi connectivity index (χ4n) is 1.98. The van der Waals surface area contributed by atoms with E-state index in [1.165, 1.54) is 0 Å². The van der Waals surface area contributed by atoms with Crippen molar-refractivity contribution in [3.63, 3.8) is 0 Å². The maximum Gasteiger partial charge on any atom is 0.120 e. The number of benzene rings is 2. The average molecular weight is 306 g/mol. The van der Waals surface area contributed by atoms with Gasteiger partial charge >= 0.3 is 0 Å². The van der Waals surface area contributed by atoms with Crippen LogP contribution in [0.15, 0.2) is 42.5 Å². The third kappa shape index (κ3) is 4.30. The van der Waals surface area contributed by atoms with Gasteiger partial charge in [-0.2, -0.15) is 0 Å². The SMILES string of the molecule is COc1ccc(OC(C)CNc2cccc(Cl)c2C)cc1. The zero-order valence-electron chi connectivity index (χ0n) is 12.5. The van der Waals surface area contributed by atoms with E-state index < -0.39 is 0 Å². The summed E-state index contributed by atoms with van der Waals surface area (Å²) >= 11 is 6.10. The summed E-state index contributed by atoms with van der Waals surface area (Å²) in [6.07, 6.45) is 0.0387. The van der Waals surface area contributed by atoms with Crippen molar-refractivity contribution in [2.24, 2.45) is 0 Å². The van der Waals surface area contributed by atoms with Gasteiger partial charge in [-0.3, -0.25) is 0 Å². The molecule has 0 bridgehead atoms. The first kappa shape index (κ1) is 15.5. The van der Waals surface area contributed by atoms with Crippen molar-refractivity contribution in [1.82, 2.24) is 0 Å². The Hall–Kier alpha value is -1.87. The minimum Gasteiger partial charge on any atom is -0.497 e. The molecular weight excluding hydrogens is 286 g/mol. The molecule has 0 heterocycles. The van der Waals surface area contributed by atoms with Gasteiger partial charge in [-0.1, -0.05) is 17.7 Å². The van der Waals surface area contributed by atoms with Crippen LogP contribution in [-0.4, -0.2) is 19.8 Å². The van der Waals surface area contributed by atoms with Crippen LogP contribution in [0.1, 0.15) is 12.5 Å². The van der Waals surface area contributed by atoms with Gasteiger partial charge < -0.3 is 14.8 Å². The minimum atomic E-state index is 0.0387. The van der Waals surface area contributed by atoms with Crippen molar-refractivity contribution >= 4 is 17.3 Å². The molecule has 2 aromatic rings. The van der Waals surface area contributed by atoms with Gasteiger partial charge in [0.25, 0.3) is 0 Å². The van der Waals surface area contributed by atoms with Gasteiger partial charge in [-0.05, 0) is 55.8 Å². The monoisotopic (exact) mass is 305 g/mol. The predicted octanol–water partition coefficient (Wildman–Crippen LogP) is 4.54. The van der Waals surface area contributed by atoms with Crippen LogP contribution in [0.3, 0.4) is 0 Å². The van der Waals surface area contributed by atoms with Crippen LogP contribution in [0.5, 0.6) is 11.5 Å². The fourth-order valence-corrected chi connectivity index (χ4v) is 2.16. The maximum absolute atomic E-state index is 6.10. The molecule has 112 valence electrons. The van der Waals surface area contributed by atoms with Crippen molar-refractivity contribution in [2.45, 2.75) is 20.0 Å². The Morgan fingerprint density at radius 1 is 1.10 bits per heavy atom. The van der Waals surface area contributed by atoms with Gasteiger partial charge in [0, 0.05) is 10.7 Å². The summed E-state index contributed by atoms with van der Waals surface area (Å²) in [5.74, 6) is 1.65. The van der Waals surface area contributed by atoms with Crippen LogP contribution in [0, 0.1) is 6.92 Å². The van der Waals surface area contributed by atoms with Gasteiger partial charge in [-0.15, -0.1) is 0 Å². The molecule has 0 aromatic heterocycles. The molecule has 0 radical (unpaired) electrons. The summed E-state index contributed by atoms with van der Waals surface area (Å²) < 4.78 is 11.0.